The van der Waals surface area contributed by atoms with Gasteiger partial charge in [-0.1, -0.05) is 0 Å². The third kappa shape index (κ3) is 3.39. The Bertz CT molecular complexity index is 252. The number of carboxylic acids is 1. The van der Waals surface area contributed by atoms with Crippen LogP contribution in [0.5, 0.6) is 0 Å². The number of nitrogens with two attached hydrogens (primary N) is 1. The van der Waals surface area contributed by atoms with Crippen molar-refractivity contribution in [2.24, 2.45) is 5.73 Å². The van der Waals surface area contributed by atoms with Crippen LogP contribution in [0.3, 0.4) is 0 Å². The van der Waals surface area contributed by atoms with E-state index in [1.54, 1.807) is 11.8 Å². The van der Waals surface area contributed by atoms with Crippen LogP contribution in [0.4, 0.5) is 0 Å². The van der Waals surface area contributed by atoms with Gasteiger partial charge in [-0.2, -0.15) is 11.8 Å². The summed E-state index contributed by atoms with van der Waals surface area (Å²) < 4.78 is 0. The normalized spacial score (nSPS) is 25.3. The lowest BCUT2D eigenvalue weighted by Crippen LogP contribution is -2.52. The zero-order chi connectivity index (χ0) is 11.3. The summed E-state index contributed by atoms with van der Waals surface area (Å²) in [5, 5.41) is 12.1. The first-order chi connectivity index (χ1) is 7.07. The third-order valence-corrected chi connectivity index (χ3v) is 3.68. The predicted octanol–water partition coefficient (Wildman–Crippen LogP) is -0.198. The molecule has 0 radical (unpaired) electrons. The van der Waals surface area contributed by atoms with Crippen molar-refractivity contribution in [1.29, 1.82) is 0 Å². The van der Waals surface area contributed by atoms with Crippen molar-refractivity contribution in [3.8, 4) is 0 Å². The van der Waals surface area contributed by atoms with E-state index in [4.69, 9.17) is 10.8 Å². The van der Waals surface area contributed by atoms with Crippen molar-refractivity contribution in [3.63, 3.8) is 0 Å². The second kappa shape index (κ2) is 5.37. The summed E-state index contributed by atoms with van der Waals surface area (Å²) in [5.41, 5.74) is 4.20. The molecule has 1 unspecified atom stereocenters. The minimum Gasteiger partial charge on any atom is -0.480 e. The van der Waals surface area contributed by atoms with E-state index in [0.29, 0.717) is 31.6 Å². The Kier molecular flexibility index (Phi) is 4.41. The molecule has 0 aromatic heterocycles. The Morgan fingerprint density at radius 1 is 1.53 bits per heavy atom. The zero-order valence-corrected chi connectivity index (χ0v) is 9.31. The SMILES string of the molecule is NC(=O)CCCNC1(C(=O)O)CCSC1. The Balaban J connectivity index is 2.33. The monoisotopic (exact) mass is 232 g/mol. The Morgan fingerprint density at radius 3 is 2.73 bits per heavy atom. The third-order valence-electron chi connectivity index (χ3n) is 2.49. The molecule has 86 valence electrons. The second-order valence-electron chi connectivity index (χ2n) is 3.69. The van der Waals surface area contributed by atoms with Crippen LogP contribution < -0.4 is 11.1 Å². The average Bonchev–Trinajstić information content (AvgIpc) is 2.62. The molecule has 1 heterocycles. The van der Waals surface area contributed by atoms with Crippen molar-refractivity contribution in [1.82, 2.24) is 5.32 Å². The van der Waals surface area contributed by atoms with Gasteiger partial charge in [0.1, 0.15) is 5.54 Å². The molecule has 5 nitrogen and oxygen atoms in total. The fourth-order valence-corrected chi connectivity index (χ4v) is 2.89. The molecule has 0 aromatic carbocycles. The van der Waals surface area contributed by atoms with Crippen LogP contribution in [-0.4, -0.2) is 40.6 Å². The van der Waals surface area contributed by atoms with Crippen molar-refractivity contribution in [2.75, 3.05) is 18.1 Å². The van der Waals surface area contributed by atoms with Gasteiger partial charge in [-0.3, -0.25) is 9.59 Å². The van der Waals surface area contributed by atoms with Crippen LogP contribution in [0, 0.1) is 0 Å². The van der Waals surface area contributed by atoms with E-state index >= 15 is 0 Å². The van der Waals surface area contributed by atoms with E-state index in [9.17, 15) is 9.59 Å². The highest BCUT2D eigenvalue weighted by Crippen LogP contribution is 2.28. The fraction of sp³-hybridized carbons (Fsp3) is 0.778. The van der Waals surface area contributed by atoms with Crippen molar-refractivity contribution < 1.29 is 14.7 Å². The summed E-state index contributed by atoms with van der Waals surface area (Å²) in [5.74, 6) is 0.321. The van der Waals surface area contributed by atoms with Gasteiger partial charge in [0.25, 0.3) is 0 Å². The molecule has 1 saturated heterocycles. The molecular weight excluding hydrogens is 216 g/mol. The number of aliphatic carboxylic acids is 1. The van der Waals surface area contributed by atoms with Crippen LogP contribution >= 0.6 is 11.8 Å². The van der Waals surface area contributed by atoms with Crippen LogP contribution in [0.2, 0.25) is 0 Å². The molecule has 6 heteroatoms. The fourth-order valence-electron chi connectivity index (χ4n) is 1.54. The van der Waals surface area contributed by atoms with Crippen LogP contribution in [0.1, 0.15) is 19.3 Å². The molecule has 0 aromatic rings. The van der Waals surface area contributed by atoms with Crippen LogP contribution in [0.25, 0.3) is 0 Å². The standard InChI is InChI=1S/C9H16N2O3S/c10-7(12)2-1-4-11-9(8(13)14)3-5-15-6-9/h11H,1-6H2,(H2,10,12)(H,13,14). The number of rotatable bonds is 6. The summed E-state index contributed by atoms with van der Waals surface area (Å²) in [6.45, 7) is 0.524. The van der Waals surface area contributed by atoms with Gasteiger partial charge < -0.3 is 16.2 Å². The molecule has 1 atom stereocenters. The van der Waals surface area contributed by atoms with Gasteiger partial charge in [-0.05, 0) is 25.1 Å². The van der Waals surface area contributed by atoms with E-state index in [1.165, 1.54) is 0 Å². The molecule has 1 amide bonds. The number of carbonyl (C=O) groups is 2. The van der Waals surface area contributed by atoms with E-state index in [0.717, 1.165) is 5.75 Å². The second-order valence-corrected chi connectivity index (χ2v) is 4.79. The number of thioether (sulfide) groups is 1. The first-order valence-electron chi connectivity index (χ1n) is 4.91. The average molecular weight is 232 g/mol. The molecule has 1 fully saturated rings. The number of primary amides is 1. The number of hydrogen-bond donors (Lipinski definition) is 3. The van der Waals surface area contributed by atoms with Crippen LogP contribution in [0.15, 0.2) is 0 Å². The maximum Gasteiger partial charge on any atom is 0.324 e. The van der Waals surface area contributed by atoms with E-state index < -0.39 is 11.5 Å². The highest BCUT2D eigenvalue weighted by molar-refractivity contribution is 7.99. The molecule has 4 N–H and O–H groups in total. The topological polar surface area (TPSA) is 92.4 Å². The number of amides is 1. The molecule has 1 aliphatic rings. The van der Waals surface area contributed by atoms with E-state index in [2.05, 4.69) is 5.32 Å². The first kappa shape index (κ1) is 12.3. The molecule has 0 saturated carbocycles. The number of nitrogens with one attached hydrogen (secondary N) is 1. The van der Waals surface area contributed by atoms with Gasteiger partial charge in [0.2, 0.25) is 5.91 Å². The number of carbonyl (C=O) groups excluding carboxylic acids is 1. The minimum absolute atomic E-state index is 0.301. The molecule has 0 spiro atoms. The van der Waals surface area contributed by atoms with Gasteiger partial charge in [0, 0.05) is 12.2 Å². The van der Waals surface area contributed by atoms with Crippen LogP contribution in [-0.2, 0) is 9.59 Å². The maximum atomic E-state index is 11.1. The summed E-state index contributed by atoms with van der Waals surface area (Å²) in [6, 6.07) is 0. The summed E-state index contributed by atoms with van der Waals surface area (Å²) in [4.78, 5) is 21.6. The lowest BCUT2D eigenvalue weighted by molar-refractivity contribution is -0.143. The lowest BCUT2D eigenvalue weighted by Gasteiger charge is -2.24. The van der Waals surface area contributed by atoms with Crippen molar-refractivity contribution in [3.05, 3.63) is 0 Å². The summed E-state index contributed by atoms with van der Waals surface area (Å²) in [7, 11) is 0. The maximum absolute atomic E-state index is 11.1. The quantitative estimate of drug-likeness (QED) is 0.552. The number of hydrogen-bond acceptors (Lipinski definition) is 4. The molecule has 1 aliphatic heterocycles. The number of carboxylic acid groups (broad SMARTS) is 1. The lowest BCUT2D eigenvalue weighted by atomic mass is 9.99. The molecule has 1 rings (SSSR count). The van der Waals surface area contributed by atoms with E-state index in [1.807, 2.05) is 0 Å². The largest absolute Gasteiger partial charge is 0.480 e. The molecular formula is C9H16N2O3S. The minimum atomic E-state index is -0.799. The summed E-state index contributed by atoms with van der Waals surface area (Å²) >= 11 is 1.64. The molecule has 0 aliphatic carbocycles. The zero-order valence-electron chi connectivity index (χ0n) is 8.49. The first-order valence-corrected chi connectivity index (χ1v) is 6.07. The van der Waals surface area contributed by atoms with E-state index in [-0.39, 0.29) is 5.91 Å². The summed E-state index contributed by atoms with van der Waals surface area (Å²) in [6.07, 6.45) is 1.54. The van der Waals surface area contributed by atoms with Gasteiger partial charge in [0.05, 0.1) is 0 Å². The van der Waals surface area contributed by atoms with Crippen molar-refractivity contribution >= 4 is 23.6 Å². The smallest absolute Gasteiger partial charge is 0.324 e. The predicted molar refractivity (Wildman–Crippen MR) is 58.7 cm³/mol. The highest BCUT2D eigenvalue weighted by Gasteiger charge is 2.41. The molecule has 15 heavy (non-hydrogen) atoms. The Morgan fingerprint density at radius 2 is 2.27 bits per heavy atom. The van der Waals surface area contributed by atoms with Gasteiger partial charge >= 0.3 is 5.97 Å². The van der Waals surface area contributed by atoms with Gasteiger partial charge in [-0.25, -0.2) is 0 Å². The van der Waals surface area contributed by atoms with Gasteiger partial charge in [0.15, 0.2) is 0 Å². The molecule has 0 bridgehead atoms. The Labute approximate surface area is 92.8 Å². The Hall–Kier alpha value is -0.750. The van der Waals surface area contributed by atoms with Crippen molar-refractivity contribution in [2.45, 2.75) is 24.8 Å². The van der Waals surface area contributed by atoms with Gasteiger partial charge in [-0.15, -0.1) is 0 Å². The highest BCUT2D eigenvalue weighted by atomic mass is 32.2.